The molecule has 1 amide bonds. The molecule has 1 unspecified atom stereocenters. The summed E-state index contributed by atoms with van der Waals surface area (Å²) >= 11 is 0. The molecule has 0 fully saturated rings. The van der Waals surface area contributed by atoms with Gasteiger partial charge in [-0.2, -0.15) is 0 Å². The molecule has 1 N–H and O–H groups in total. The smallest absolute Gasteiger partial charge is 0.246 e. The fraction of sp³-hybridized carbons (Fsp3) is 0.208. The minimum Gasteiger partial charge on any atom is -0.497 e. The second kappa shape index (κ2) is 8.88. The fourth-order valence-electron chi connectivity index (χ4n) is 3.57. The van der Waals surface area contributed by atoms with Gasteiger partial charge in [0.25, 0.3) is 0 Å². The molecule has 0 aliphatic carbocycles. The van der Waals surface area contributed by atoms with Gasteiger partial charge in [-0.3, -0.25) is 9.69 Å². The van der Waals surface area contributed by atoms with Gasteiger partial charge < -0.3 is 19.5 Å². The van der Waals surface area contributed by atoms with Crippen LogP contribution in [-0.2, 0) is 11.3 Å². The zero-order valence-electron chi connectivity index (χ0n) is 17.0. The predicted molar refractivity (Wildman–Crippen MR) is 115 cm³/mol. The van der Waals surface area contributed by atoms with E-state index in [-0.39, 0.29) is 12.7 Å². The maximum absolute atomic E-state index is 13.3. The first-order valence-corrected chi connectivity index (χ1v) is 9.72. The first kappa shape index (κ1) is 19.8. The molecule has 3 aromatic carbocycles. The topological polar surface area (TPSA) is 60.0 Å². The monoisotopic (exact) mass is 404 g/mol. The van der Waals surface area contributed by atoms with E-state index in [2.05, 4.69) is 5.32 Å². The van der Waals surface area contributed by atoms with Crippen LogP contribution >= 0.6 is 0 Å². The van der Waals surface area contributed by atoms with Gasteiger partial charge in [0.1, 0.15) is 11.8 Å². The number of carbonyl (C=O) groups excluding carboxylic acids is 1. The molecule has 0 saturated heterocycles. The Morgan fingerprint density at radius 1 is 1.03 bits per heavy atom. The Kier molecular flexibility index (Phi) is 5.86. The number of rotatable bonds is 7. The number of nitrogens with zero attached hydrogens (tertiary/aromatic N) is 1. The van der Waals surface area contributed by atoms with Gasteiger partial charge in [-0.15, -0.1) is 0 Å². The Morgan fingerprint density at radius 3 is 2.63 bits per heavy atom. The van der Waals surface area contributed by atoms with Crippen LogP contribution in [0.2, 0.25) is 0 Å². The zero-order valence-corrected chi connectivity index (χ0v) is 17.0. The average molecular weight is 404 g/mol. The maximum Gasteiger partial charge on any atom is 0.246 e. The van der Waals surface area contributed by atoms with Crippen molar-refractivity contribution in [2.45, 2.75) is 12.6 Å². The van der Waals surface area contributed by atoms with Gasteiger partial charge in [0, 0.05) is 18.3 Å². The summed E-state index contributed by atoms with van der Waals surface area (Å²) in [5.41, 5.74) is 2.65. The minimum atomic E-state index is -0.470. The van der Waals surface area contributed by atoms with Gasteiger partial charge in [-0.25, -0.2) is 0 Å². The molecule has 6 nitrogen and oxygen atoms in total. The van der Waals surface area contributed by atoms with Crippen LogP contribution < -0.4 is 19.5 Å². The number of anilines is 1. The lowest BCUT2D eigenvalue weighted by Gasteiger charge is -2.28. The Hall–Kier alpha value is -3.51. The standard InChI is InChI=1S/C24H24N2O4/c1-26(15-17-11-12-21-22(13-17)30-16-29-21)23(18-7-4-3-5-8-18)24(27)25-19-9-6-10-20(14-19)28-2/h3-14,23H,15-16H2,1-2H3,(H,25,27). The van der Waals surface area contributed by atoms with Gasteiger partial charge in [-0.1, -0.05) is 42.5 Å². The molecule has 0 aromatic heterocycles. The van der Waals surface area contributed by atoms with E-state index >= 15 is 0 Å². The van der Waals surface area contributed by atoms with Crippen molar-refractivity contribution in [3.05, 3.63) is 83.9 Å². The Morgan fingerprint density at radius 2 is 1.83 bits per heavy atom. The van der Waals surface area contributed by atoms with Gasteiger partial charge in [0.05, 0.1) is 7.11 Å². The maximum atomic E-state index is 13.3. The summed E-state index contributed by atoms with van der Waals surface area (Å²) in [6.07, 6.45) is 0. The van der Waals surface area contributed by atoms with Crippen molar-refractivity contribution in [1.82, 2.24) is 4.90 Å². The van der Waals surface area contributed by atoms with Crippen molar-refractivity contribution in [3.8, 4) is 17.2 Å². The normalized spacial score (nSPS) is 13.2. The number of methoxy groups -OCH3 is 1. The van der Waals surface area contributed by atoms with Crippen molar-refractivity contribution < 1.29 is 19.0 Å². The van der Waals surface area contributed by atoms with Crippen LogP contribution in [0, 0.1) is 0 Å². The lowest BCUT2D eigenvalue weighted by Crippen LogP contribution is -2.34. The molecule has 3 aromatic rings. The third kappa shape index (κ3) is 4.39. The molecule has 0 saturated carbocycles. The quantitative estimate of drug-likeness (QED) is 0.638. The summed E-state index contributed by atoms with van der Waals surface area (Å²) in [6, 6.07) is 22.5. The first-order valence-electron chi connectivity index (χ1n) is 9.72. The van der Waals surface area contributed by atoms with Gasteiger partial charge in [-0.05, 0) is 42.4 Å². The largest absolute Gasteiger partial charge is 0.497 e. The summed E-state index contributed by atoms with van der Waals surface area (Å²) < 4.78 is 16.1. The van der Waals surface area contributed by atoms with Gasteiger partial charge in [0.15, 0.2) is 11.5 Å². The highest BCUT2D eigenvalue weighted by molar-refractivity contribution is 5.95. The zero-order chi connectivity index (χ0) is 20.9. The molecule has 1 atom stereocenters. The van der Waals surface area contributed by atoms with Crippen LogP contribution in [0.15, 0.2) is 72.8 Å². The number of ether oxygens (including phenoxy) is 3. The highest BCUT2D eigenvalue weighted by atomic mass is 16.7. The van der Waals surface area contributed by atoms with E-state index in [0.29, 0.717) is 18.0 Å². The van der Waals surface area contributed by atoms with E-state index in [0.717, 1.165) is 22.6 Å². The lowest BCUT2D eigenvalue weighted by atomic mass is 10.0. The van der Waals surface area contributed by atoms with Gasteiger partial charge >= 0.3 is 0 Å². The number of likely N-dealkylation sites (N-methyl/N-ethyl adjacent to an activating group) is 1. The minimum absolute atomic E-state index is 0.113. The van der Waals surface area contributed by atoms with Crippen molar-refractivity contribution in [2.75, 3.05) is 26.3 Å². The number of amides is 1. The number of carbonyl (C=O) groups is 1. The second-order valence-electron chi connectivity index (χ2n) is 7.14. The Bertz CT molecular complexity index is 1020. The van der Waals surface area contributed by atoms with E-state index in [1.54, 1.807) is 13.2 Å². The number of benzene rings is 3. The van der Waals surface area contributed by atoms with E-state index in [1.807, 2.05) is 78.7 Å². The molecule has 30 heavy (non-hydrogen) atoms. The number of hydrogen-bond donors (Lipinski definition) is 1. The van der Waals surface area contributed by atoms with Crippen molar-refractivity contribution >= 4 is 11.6 Å². The number of nitrogens with one attached hydrogen (secondary N) is 1. The highest BCUT2D eigenvalue weighted by Crippen LogP contribution is 2.33. The number of hydrogen-bond acceptors (Lipinski definition) is 5. The van der Waals surface area contributed by atoms with Crippen LogP contribution in [0.5, 0.6) is 17.2 Å². The van der Waals surface area contributed by atoms with Crippen molar-refractivity contribution in [1.29, 1.82) is 0 Å². The highest BCUT2D eigenvalue weighted by Gasteiger charge is 2.26. The lowest BCUT2D eigenvalue weighted by molar-refractivity contribution is -0.121. The third-order valence-electron chi connectivity index (χ3n) is 5.01. The van der Waals surface area contributed by atoms with Crippen LogP contribution in [0.3, 0.4) is 0 Å². The van der Waals surface area contributed by atoms with Crippen LogP contribution in [-0.4, -0.2) is 31.8 Å². The fourth-order valence-corrected chi connectivity index (χ4v) is 3.57. The summed E-state index contributed by atoms with van der Waals surface area (Å²) in [4.78, 5) is 15.3. The summed E-state index contributed by atoms with van der Waals surface area (Å²) in [7, 11) is 3.54. The van der Waals surface area contributed by atoms with E-state index in [9.17, 15) is 4.79 Å². The SMILES string of the molecule is COc1cccc(NC(=O)C(c2ccccc2)N(C)Cc2ccc3c(c2)OCO3)c1. The number of fused-ring (bicyclic) bond motifs is 1. The molecule has 1 aliphatic rings. The molecule has 1 heterocycles. The predicted octanol–water partition coefficient (Wildman–Crippen LogP) is 4.24. The van der Waals surface area contributed by atoms with Gasteiger partial charge in [0.2, 0.25) is 12.7 Å². The molecule has 6 heteroatoms. The molecule has 4 rings (SSSR count). The Labute approximate surface area is 176 Å². The third-order valence-corrected chi connectivity index (χ3v) is 5.01. The van der Waals surface area contributed by atoms with Crippen LogP contribution in [0.1, 0.15) is 17.2 Å². The van der Waals surface area contributed by atoms with Crippen molar-refractivity contribution in [3.63, 3.8) is 0 Å². The van der Waals surface area contributed by atoms with E-state index in [4.69, 9.17) is 14.2 Å². The molecular formula is C24H24N2O4. The molecule has 0 radical (unpaired) electrons. The average Bonchev–Trinajstić information content (AvgIpc) is 3.22. The molecule has 1 aliphatic heterocycles. The summed E-state index contributed by atoms with van der Waals surface area (Å²) in [6.45, 7) is 0.811. The summed E-state index contributed by atoms with van der Waals surface area (Å²) in [5, 5.41) is 3.02. The summed E-state index contributed by atoms with van der Waals surface area (Å²) in [5.74, 6) is 2.06. The van der Waals surface area contributed by atoms with E-state index < -0.39 is 6.04 Å². The first-order chi connectivity index (χ1) is 14.6. The molecule has 0 bridgehead atoms. The molecule has 0 spiro atoms. The van der Waals surface area contributed by atoms with E-state index in [1.165, 1.54) is 0 Å². The second-order valence-corrected chi connectivity index (χ2v) is 7.14. The van der Waals surface area contributed by atoms with Crippen molar-refractivity contribution in [2.24, 2.45) is 0 Å². The molecule has 154 valence electrons. The van der Waals surface area contributed by atoms with Crippen LogP contribution in [0.4, 0.5) is 5.69 Å². The Balaban J connectivity index is 1.56. The van der Waals surface area contributed by atoms with Crippen LogP contribution in [0.25, 0.3) is 0 Å². The molecular weight excluding hydrogens is 380 g/mol.